The van der Waals surface area contributed by atoms with Crippen LogP contribution in [0.5, 0.6) is 0 Å². The predicted molar refractivity (Wildman–Crippen MR) is 100 cm³/mol. The summed E-state index contributed by atoms with van der Waals surface area (Å²) < 4.78 is 0. The molecule has 1 amide bonds. The molecule has 1 aliphatic rings. The minimum absolute atomic E-state index is 0.0454. The summed E-state index contributed by atoms with van der Waals surface area (Å²) in [6.45, 7) is 3.47. The zero-order valence-electron chi connectivity index (χ0n) is 13.7. The van der Waals surface area contributed by atoms with Gasteiger partial charge in [0.15, 0.2) is 0 Å². The molecule has 0 aliphatic carbocycles. The lowest BCUT2D eigenvalue weighted by atomic mass is 10.1. The number of anilines is 1. The van der Waals surface area contributed by atoms with Crippen LogP contribution in [0.2, 0.25) is 5.02 Å². The predicted octanol–water partition coefficient (Wildman–Crippen LogP) is 4.37. The Kier molecular flexibility index (Phi) is 5.21. The maximum atomic E-state index is 12.3. The van der Waals surface area contributed by atoms with Crippen molar-refractivity contribution in [2.75, 3.05) is 18.4 Å². The smallest absolute Gasteiger partial charge is 0.246 e. The van der Waals surface area contributed by atoms with Gasteiger partial charge in [0, 0.05) is 35.9 Å². The van der Waals surface area contributed by atoms with E-state index in [0.29, 0.717) is 6.04 Å². The Labute approximate surface area is 147 Å². The minimum atomic E-state index is 0.0454. The molecular weight excluding hydrogens is 320 g/mol. The Bertz CT molecular complexity index is 743. The first-order valence-electron chi connectivity index (χ1n) is 8.16. The standard InChI is InChI=1S/C20H21ClN2O/c1-15-7-8-16(13-19(15)21)9-10-20(24)23-12-11-18(14-23)22-17-5-3-2-4-6-17/h2-10,13,18,22H,11-12,14H2,1H3/b10-9+. The molecule has 2 aromatic rings. The SMILES string of the molecule is Cc1ccc(/C=C/C(=O)N2CCC(Nc3ccccc3)C2)cc1Cl. The van der Waals surface area contributed by atoms with Gasteiger partial charge in [-0.25, -0.2) is 0 Å². The second kappa shape index (κ2) is 7.54. The largest absolute Gasteiger partial charge is 0.380 e. The van der Waals surface area contributed by atoms with Crippen LogP contribution in [0.4, 0.5) is 5.69 Å². The van der Waals surface area contributed by atoms with E-state index in [0.717, 1.165) is 41.3 Å². The lowest BCUT2D eigenvalue weighted by molar-refractivity contribution is -0.124. The lowest BCUT2D eigenvalue weighted by Crippen LogP contribution is -2.30. The zero-order valence-corrected chi connectivity index (χ0v) is 14.5. The first-order chi connectivity index (χ1) is 11.6. The summed E-state index contributed by atoms with van der Waals surface area (Å²) >= 11 is 6.11. The third-order valence-electron chi connectivity index (χ3n) is 4.26. The van der Waals surface area contributed by atoms with Crippen molar-refractivity contribution in [2.24, 2.45) is 0 Å². The van der Waals surface area contributed by atoms with Crippen LogP contribution in [0.3, 0.4) is 0 Å². The van der Waals surface area contributed by atoms with Gasteiger partial charge in [0.25, 0.3) is 0 Å². The number of nitrogens with one attached hydrogen (secondary N) is 1. The van der Waals surface area contributed by atoms with E-state index in [1.807, 2.05) is 66.4 Å². The molecule has 124 valence electrons. The Balaban J connectivity index is 1.56. The van der Waals surface area contributed by atoms with Crippen molar-refractivity contribution in [3.63, 3.8) is 0 Å². The molecule has 0 saturated carbocycles. The highest BCUT2D eigenvalue weighted by Crippen LogP contribution is 2.19. The lowest BCUT2D eigenvalue weighted by Gasteiger charge is -2.16. The van der Waals surface area contributed by atoms with E-state index in [9.17, 15) is 4.79 Å². The van der Waals surface area contributed by atoms with Crippen molar-refractivity contribution < 1.29 is 4.79 Å². The second-order valence-electron chi connectivity index (χ2n) is 6.12. The number of para-hydroxylation sites is 1. The van der Waals surface area contributed by atoms with Crippen molar-refractivity contribution in [3.05, 3.63) is 70.8 Å². The molecule has 1 aliphatic heterocycles. The summed E-state index contributed by atoms with van der Waals surface area (Å²) in [5, 5.41) is 4.20. The number of amides is 1. The monoisotopic (exact) mass is 340 g/mol. The third-order valence-corrected chi connectivity index (χ3v) is 4.67. The van der Waals surface area contributed by atoms with Crippen LogP contribution in [0.25, 0.3) is 6.08 Å². The number of hydrogen-bond acceptors (Lipinski definition) is 2. The molecule has 3 rings (SSSR count). The topological polar surface area (TPSA) is 32.3 Å². The fourth-order valence-electron chi connectivity index (χ4n) is 2.83. The van der Waals surface area contributed by atoms with Crippen LogP contribution in [-0.4, -0.2) is 29.9 Å². The summed E-state index contributed by atoms with van der Waals surface area (Å²) in [6, 6.07) is 16.2. The Morgan fingerprint density at radius 2 is 2.04 bits per heavy atom. The number of benzene rings is 2. The number of halogens is 1. The van der Waals surface area contributed by atoms with Crippen molar-refractivity contribution in [2.45, 2.75) is 19.4 Å². The first kappa shape index (κ1) is 16.6. The van der Waals surface area contributed by atoms with Gasteiger partial charge < -0.3 is 10.2 Å². The van der Waals surface area contributed by atoms with Crippen LogP contribution in [0, 0.1) is 6.92 Å². The number of aryl methyl sites for hydroxylation is 1. The summed E-state index contributed by atoms with van der Waals surface area (Å²) in [6.07, 6.45) is 4.42. The molecule has 1 unspecified atom stereocenters. The molecule has 0 aromatic heterocycles. The summed E-state index contributed by atoms with van der Waals surface area (Å²) in [4.78, 5) is 14.2. The summed E-state index contributed by atoms with van der Waals surface area (Å²) in [5.41, 5.74) is 3.08. The number of carbonyl (C=O) groups excluding carboxylic acids is 1. The molecule has 0 spiro atoms. The van der Waals surface area contributed by atoms with E-state index in [1.165, 1.54) is 0 Å². The Morgan fingerprint density at radius 1 is 1.25 bits per heavy atom. The molecule has 1 saturated heterocycles. The summed E-state index contributed by atoms with van der Waals surface area (Å²) in [7, 11) is 0. The molecule has 2 aromatic carbocycles. The Hall–Kier alpha value is -2.26. The van der Waals surface area contributed by atoms with Crippen LogP contribution in [0.1, 0.15) is 17.5 Å². The van der Waals surface area contributed by atoms with Gasteiger partial charge in [-0.15, -0.1) is 0 Å². The van der Waals surface area contributed by atoms with Gasteiger partial charge in [0.1, 0.15) is 0 Å². The molecular formula is C20H21ClN2O. The fraction of sp³-hybridized carbons (Fsp3) is 0.250. The van der Waals surface area contributed by atoms with Gasteiger partial charge in [0.2, 0.25) is 5.91 Å². The average molecular weight is 341 g/mol. The minimum Gasteiger partial charge on any atom is -0.380 e. The molecule has 0 bridgehead atoms. The van der Waals surface area contributed by atoms with Crippen molar-refractivity contribution >= 4 is 29.3 Å². The van der Waals surface area contributed by atoms with Gasteiger partial charge in [0.05, 0.1) is 0 Å². The second-order valence-corrected chi connectivity index (χ2v) is 6.53. The van der Waals surface area contributed by atoms with Gasteiger partial charge >= 0.3 is 0 Å². The van der Waals surface area contributed by atoms with Gasteiger partial charge in [-0.05, 0) is 48.7 Å². The highest BCUT2D eigenvalue weighted by atomic mass is 35.5. The van der Waals surface area contributed by atoms with Gasteiger partial charge in [-0.1, -0.05) is 41.9 Å². The van der Waals surface area contributed by atoms with Crippen molar-refractivity contribution in [1.29, 1.82) is 0 Å². The average Bonchev–Trinajstić information content (AvgIpc) is 3.05. The molecule has 1 N–H and O–H groups in total. The van der Waals surface area contributed by atoms with E-state index < -0.39 is 0 Å². The number of rotatable bonds is 4. The fourth-order valence-corrected chi connectivity index (χ4v) is 3.02. The van der Waals surface area contributed by atoms with Crippen LogP contribution >= 0.6 is 11.6 Å². The van der Waals surface area contributed by atoms with Crippen LogP contribution in [-0.2, 0) is 4.79 Å². The van der Waals surface area contributed by atoms with Crippen LogP contribution < -0.4 is 5.32 Å². The van der Waals surface area contributed by atoms with Gasteiger partial charge in [-0.2, -0.15) is 0 Å². The first-order valence-corrected chi connectivity index (χ1v) is 8.54. The Morgan fingerprint density at radius 3 is 2.79 bits per heavy atom. The molecule has 4 heteroatoms. The number of nitrogens with zero attached hydrogens (tertiary/aromatic N) is 1. The number of carbonyl (C=O) groups is 1. The quantitative estimate of drug-likeness (QED) is 0.838. The summed E-state index contributed by atoms with van der Waals surface area (Å²) in [5.74, 6) is 0.0454. The van der Waals surface area contributed by atoms with E-state index in [1.54, 1.807) is 6.08 Å². The number of hydrogen-bond donors (Lipinski definition) is 1. The molecule has 1 heterocycles. The molecule has 3 nitrogen and oxygen atoms in total. The highest BCUT2D eigenvalue weighted by molar-refractivity contribution is 6.31. The maximum Gasteiger partial charge on any atom is 0.246 e. The maximum absolute atomic E-state index is 12.3. The molecule has 24 heavy (non-hydrogen) atoms. The van der Waals surface area contributed by atoms with E-state index in [2.05, 4.69) is 5.32 Å². The van der Waals surface area contributed by atoms with E-state index in [-0.39, 0.29) is 5.91 Å². The van der Waals surface area contributed by atoms with Crippen molar-refractivity contribution in [1.82, 2.24) is 4.90 Å². The normalized spacial score (nSPS) is 17.4. The highest BCUT2D eigenvalue weighted by Gasteiger charge is 2.24. The van der Waals surface area contributed by atoms with Crippen molar-refractivity contribution in [3.8, 4) is 0 Å². The zero-order chi connectivity index (χ0) is 16.9. The molecule has 1 atom stereocenters. The van der Waals surface area contributed by atoms with Gasteiger partial charge in [-0.3, -0.25) is 4.79 Å². The molecule has 1 fully saturated rings. The number of likely N-dealkylation sites (tertiary alicyclic amines) is 1. The van der Waals surface area contributed by atoms with Crippen LogP contribution in [0.15, 0.2) is 54.6 Å². The van der Waals surface area contributed by atoms with E-state index >= 15 is 0 Å². The third kappa shape index (κ3) is 4.18. The molecule has 0 radical (unpaired) electrons. The van der Waals surface area contributed by atoms with E-state index in [4.69, 9.17) is 11.6 Å².